The van der Waals surface area contributed by atoms with Crippen molar-refractivity contribution in [2.45, 2.75) is 26.2 Å². The topological polar surface area (TPSA) is 85.0 Å². The number of carbonyl (C=O) groups excluding carboxylic acids is 3. The SMILES string of the molecule is Cc1cccc(NC(=O)N2CCN(c3ccc(NC(=O)c4ccccc4F)cc3C(=O)N3CCCCC3)CC2)c1. The first-order valence-corrected chi connectivity index (χ1v) is 13.8. The molecule has 0 atom stereocenters. The van der Waals surface area contributed by atoms with E-state index >= 15 is 0 Å². The lowest BCUT2D eigenvalue weighted by Crippen LogP contribution is -2.50. The van der Waals surface area contributed by atoms with E-state index in [0.717, 1.165) is 36.2 Å². The van der Waals surface area contributed by atoms with Gasteiger partial charge in [0.15, 0.2) is 0 Å². The van der Waals surface area contributed by atoms with Gasteiger partial charge in [-0.3, -0.25) is 9.59 Å². The number of carbonyl (C=O) groups is 3. The van der Waals surface area contributed by atoms with Crippen molar-refractivity contribution in [3.8, 4) is 0 Å². The van der Waals surface area contributed by atoms with Crippen LogP contribution in [-0.2, 0) is 0 Å². The summed E-state index contributed by atoms with van der Waals surface area (Å²) in [6.45, 7) is 5.48. The highest BCUT2D eigenvalue weighted by Crippen LogP contribution is 2.29. The molecule has 0 unspecified atom stereocenters. The van der Waals surface area contributed by atoms with Crippen LogP contribution in [0.25, 0.3) is 0 Å². The monoisotopic (exact) mass is 543 g/mol. The number of hydrogen-bond donors (Lipinski definition) is 2. The summed E-state index contributed by atoms with van der Waals surface area (Å²) in [5.74, 6) is -1.27. The van der Waals surface area contributed by atoms with Crippen molar-refractivity contribution in [3.05, 3.63) is 89.2 Å². The highest BCUT2D eigenvalue weighted by atomic mass is 19.1. The Hall–Kier alpha value is -4.40. The predicted molar refractivity (Wildman–Crippen MR) is 155 cm³/mol. The molecule has 2 N–H and O–H groups in total. The molecule has 2 aliphatic heterocycles. The molecule has 0 aromatic heterocycles. The van der Waals surface area contributed by atoms with E-state index < -0.39 is 11.7 Å². The smallest absolute Gasteiger partial charge is 0.321 e. The zero-order valence-electron chi connectivity index (χ0n) is 22.7. The van der Waals surface area contributed by atoms with Crippen LogP contribution < -0.4 is 15.5 Å². The number of rotatable bonds is 5. The van der Waals surface area contributed by atoms with Gasteiger partial charge in [-0.2, -0.15) is 0 Å². The van der Waals surface area contributed by atoms with Crippen molar-refractivity contribution in [1.29, 1.82) is 0 Å². The third-order valence-corrected chi connectivity index (χ3v) is 7.42. The van der Waals surface area contributed by atoms with Gasteiger partial charge in [0.05, 0.1) is 11.1 Å². The Bertz CT molecular complexity index is 1400. The molecule has 2 saturated heterocycles. The fraction of sp³-hybridized carbons (Fsp3) is 0.323. The number of hydrogen-bond acceptors (Lipinski definition) is 4. The molecule has 2 aliphatic rings. The molecule has 2 heterocycles. The largest absolute Gasteiger partial charge is 0.367 e. The molecule has 0 aliphatic carbocycles. The lowest BCUT2D eigenvalue weighted by molar-refractivity contribution is 0.0724. The summed E-state index contributed by atoms with van der Waals surface area (Å²) in [7, 11) is 0. The van der Waals surface area contributed by atoms with Crippen molar-refractivity contribution in [2.75, 3.05) is 54.8 Å². The Kier molecular flexibility index (Phi) is 8.28. The molecule has 0 spiro atoms. The summed E-state index contributed by atoms with van der Waals surface area (Å²) >= 11 is 0. The quantitative estimate of drug-likeness (QED) is 0.453. The van der Waals surface area contributed by atoms with Gasteiger partial charge >= 0.3 is 6.03 Å². The van der Waals surface area contributed by atoms with Gasteiger partial charge in [-0.1, -0.05) is 24.3 Å². The summed E-state index contributed by atoms with van der Waals surface area (Å²) in [6.07, 6.45) is 3.01. The van der Waals surface area contributed by atoms with Gasteiger partial charge < -0.3 is 25.3 Å². The number of benzene rings is 3. The summed E-state index contributed by atoms with van der Waals surface area (Å²) in [5.41, 5.74) is 3.45. The zero-order chi connectivity index (χ0) is 28.1. The van der Waals surface area contributed by atoms with Gasteiger partial charge in [0, 0.05) is 56.3 Å². The average Bonchev–Trinajstić information content (AvgIpc) is 2.97. The lowest BCUT2D eigenvalue weighted by atomic mass is 10.1. The Labute approximate surface area is 233 Å². The molecule has 3 aromatic rings. The normalized spacial score (nSPS) is 15.5. The number of aryl methyl sites for hydroxylation is 1. The Morgan fingerprint density at radius 2 is 1.43 bits per heavy atom. The zero-order valence-corrected chi connectivity index (χ0v) is 22.7. The predicted octanol–water partition coefficient (Wildman–Crippen LogP) is 5.37. The van der Waals surface area contributed by atoms with Crippen LogP contribution in [-0.4, -0.2) is 66.9 Å². The van der Waals surface area contributed by atoms with Crippen LogP contribution in [0.3, 0.4) is 0 Å². The molecule has 0 radical (unpaired) electrons. The number of amides is 4. The Balaban J connectivity index is 1.33. The van der Waals surface area contributed by atoms with Gasteiger partial charge in [-0.15, -0.1) is 0 Å². The third kappa shape index (κ3) is 6.25. The summed E-state index contributed by atoms with van der Waals surface area (Å²) in [5, 5.41) is 5.71. The van der Waals surface area contributed by atoms with Crippen LogP contribution in [0, 0.1) is 12.7 Å². The Morgan fingerprint density at radius 1 is 0.700 bits per heavy atom. The van der Waals surface area contributed by atoms with Crippen LogP contribution in [0.4, 0.5) is 26.2 Å². The van der Waals surface area contributed by atoms with Crippen LogP contribution in [0.2, 0.25) is 0 Å². The summed E-state index contributed by atoms with van der Waals surface area (Å²) in [4.78, 5) is 45.0. The fourth-order valence-electron chi connectivity index (χ4n) is 5.25. The Morgan fingerprint density at radius 3 is 2.15 bits per heavy atom. The summed E-state index contributed by atoms with van der Waals surface area (Å²) < 4.78 is 14.2. The van der Waals surface area contributed by atoms with Crippen molar-refractivity contribution in [3.63, 3.8) is 0 Å². The molecule has 208 valence electrons. The molecule has 4 amide bonds. The molecular weight excluding hydrogens is 509 g/mol. The second-order valence-electron chi connectivity index (χ2n) is 10.3. The van der Waals surface area contributed by atoms with Crippen LogP contribution >= 0.6 is 0 Å². The van der Waals surface area contributed by atoms with Crippen LogP contribution in [0.15, 0.2) is 66.7 Å². The molecule has 9 heteroatoms. The minimum atomic E-state index is -0.606. The minimum Gasteiger partial charge on any atom is -0.367 e. The van der Waals surface area contributed by atoms with Gasteiger partial charge in [0.2, 0.25) is 0 Å². The standard InChI is InChI=1S/C31H34FN5O3/c1-22-8-7-9-23(20-22)34-31(40)37-18-16-35(17-19-37)28-13-12-24(33-29(38)25-10-3-4-11-27(25)32)21-26(28)30(39)36-14-5-2-6-15-36/h3-4,7-13,20-21H,2,5-6,14-19H2,1H3,(H,33,38)(H,34,40). The average molecular weight is 544 g/mol. The molecular formula is C31H34FN5O3. The van der Waals surface area contributed by atoms with Crippen molar-refractivity contribution < 1.29 is 18.8 Å². The maximum Gasteiger partial charge on any atom is 0.321 e. The number of anilines is 3. The van der Waals surface area contributed by atoms with Crippen molar-refractivity contribution in [2.24, 2.45) is 0 Å². The third-order valence-electron chi connectivity index (χ3n) is 7.42. The maximum absolute atomic E-state index is 14.2. The van der Waals surface area contributed by atoms with E-state index in [0.29, 0.717) is 50.5 Å². The van der Waals surface area contributed by atoms with Gasteiger partial charge in [0.1, 0.15) is 5.82 Å². The number of piperidine rings is 1. The number of urea groups is 1. The summed E-state index contributed by atoms with van der Waals surface area (Å²) in [6, 6.07) is 18.6. The van der Waals surface area contributed by atoms with Crippen LogP contribution in [0.1, 0.15) is 45.5 Å². The van der Waals surface area contributed by atoms with E-state index in [-0.39, 0.29) is 17.5 Å². The second kappa shape index (κ2) is 12.2. The first-order valence-electron chi connectivity index (χ1n) is 13.8. The second-order valence-corrected chi connectivity index (χ2v) is 10.3. The van der Waals surface area contributed by atoms with Gasteiger partial charge in [-0.05, 0) is 74.2 Å². The van der Waals surface area contributed by atoms with Crippen molar-refractivity contribution in [1.82, 2.24) is 9.80 Å². The molecule has 0 saturated carbocycles. The molecule has 2 fully saturated rings. The highest BCUT2D eigenvalue weighted by Gasteiger charge is 2.27. The first kappa shape index (κ1) is 27.2. The van der Waals surface area contributed by atoms with E-state index in [9.17, 15) is 18.8 Å². The number of piperazine rings is 1. The number of nitrogens with one attached hydrogen (secondary N) is 2. The molecule has 40 heavy (non-hydrogen) atoms. The number of halogens is 1. The number of nitrogens with zero attached hydrogens (tertiary/aromatic N) is 3. The lowest BCUT2D eigenvalue weighted by Gasteiger charge is -2.37. The van der Waals surface area contributed by atoms with Gasteiger partial charge in [-0.25, -0.2) is 9.18 Å². The minimum absolute atomic E-state index is 0.0597. The molecule has 8 nitrogen and oxygen atoms in total. The van der Waals surface area contributed by atoms with E-state index in [1.807, 2.05) is 42.2 Å². The highest BCUT2D eigenvalue weighted by molar-refractivity contribution is 6.06. The van der Waals surface area contributed by atoms with E-state index in [1.165, 1.54) is 18.2 Å². The maximum atomic E-state index is 14.2. The van der Waals surface area contributed by atoms with E-state index in [4.69, 9.17) is 0 Å². The van der Waals surface area contributed by atoms with Crippen molar-refractivity contribution >= 4 is 34.9 Å². The van der Waals surface area contributed by atoms with E-state index in [2.05, 4.69) is 15.5 Å². The van der Waals surface area contributed by atoms with Crippen LogP contribution in [0.5, 0.6) is 0 Å². The van der Waals surface area contributed by atoms with E-state index in [1.54, 1.807) is 23.1 Å². The molecule has 0 bridgehead atoms. The first-order chi connectivity index (χ1) is 19.4. The van der Waals surface area contributed by atoms with Gasteiger partial charge in [0.25, 0.3) is 11.8 Å². The fourth-order valence-corrected chi connectivity index (χ4v) is 5.25. The molecule has 3 aromatic carbocycles. The number of likely N-dealkylation sites (tertiary alicyclic amines) is 1. The molecule has 5 rings (SSSR count).